The minimum Gasteiger partial charge on any atom is -0.381 e. The van der Waals surface area contributed by atoms with Crippen molar-refractivity contribution in [1.82, 2.24) is 4.31 Å². The van der Waals surface area contributed by atoms with E-state index in [0.29, 0.717) is 11.7 Å². The molecule has 122 valence electrons. The molecule has 1 saturated carbocycles. The highest BCUT2D eigenvalue weighted by atomic mass is 32.2. The van der Waals surface area contributed by atoms with Gasteiger partial charge in [-0.05, 0) is 48.9 Å². The van der Waals surface area contributed by atoms with Crippen LogP contribution in [0.1, 0.15) is 52.9 Å². The lowest BCUT2D eigenvalue weighted by molar-refractivity contribution is 0.133. The van der Waals surface area contributed by atoms with E-state index < -0.39 is 10.0 Å². The molecular formula is C16H29NO3S. The molecule has 3 fully saturated rings. The monoisotopic (exact) mass is 315 g/mol. The second-order valence-corrected chi connectivity index (χ2v) is 10.6. The third-order valence-electron chi connectivity index (χ3n) is 5.53. The molecule has 0 aromatic rings. The van der Waals surface area contributed by atoms with E-state index >= 15 is 0 Å². The molecule has 4 nitrogen and oxygen atoms in total. The molecule has 2 aliphatic heterocycles. The van der Waals surface area contributed by atoms with Gasteiger partial charge in [-0.15, -0.1) is 0 Å². The van der Waals surface area contributed by atoms with Gasteiger partial charge in [0.2, 0.25) is 10.0 Å². The van der Waals surface area contributed by atoms with Crippen molar-refractivity contribution in [2.24, 2.45) is 16.7 Å². The summed E-state index contributed by atoms with van der Waals surface area (Å²) in [6, 6.07) is 0.226. The third-order valence-corrected chi connectivity index (χ3v) is 7.43. The maximum Gasteiger partial charge on any atom is 0.214 e. The van der Waals surface area contributed by atoms with Gasteiger partial charge in [0, 0.05) is 25.8 Å². The summed E-state index contributed by atoms with van der Waals surface area (Å²) in [5.74, 6) is 0.738. The lowest BCUT2D eigenvalue weighted by atomic mass is 9.65. The first kappa shape index (κ1) is 15.8. The quantitative estimate of drug-likeness (QED) is 0.801. The maximum atomic E-state index is 12.8. The first-order chi connectivity index (χ1) is 9.69. The van der Waals surface area contributed by atoms with Gasteiger partial charge in [-0.2, -0.15) is 4.31 Å². The van der Waals surface area contributed by atoms with Crippen LogP contribution >= 0.6 is 0 Å². The molecular weight excluding hydrogens is 286 g/mol. The molecule has 21 heavy (non-hydrogen) atoms. The van der Waals surface area contributed by atoms with E-state index in [9.17, 15) is 8.42 Å². The predicted octanol–water partition coefficient (Wildman–Crippen LogP) is 2.64. The zero-order valence-corrected chi connectivity index (χ0v) is 14.4. The summed E-state index contributed by atoms with van der Waals surface area (Å²) < 4.78 is 32.7. The number of hydrogen-bond donors (Lipinski definition) is 0. The lowest BCUT2D eigenvalue weighted by Gasteiger charge is -2.39. The van der Waals surface area contributed by atoms with E-state index in [1.807, 2.05) is 4.31 Å². The Kier molecular flexibility index (Phi) is 3.90. The highest BCUT2D eigenvalue weighted by Gasteiger charge is 2.52. The highest BCUT2D eigenvalue weighted by Crippen LogP contribution is 2.53. The van der Waals surface area contributed by atoms with Crippen LogP contribution in [0.2, 0.25) is 0 Å². The molecule has 3 rings (SSSR count). The molecule has 0 N–H and O–H groups in total. The minimum absolute atomic E-state index is 0.177. The molecule has 1 aliphatic carbocycles. The molecule has 3 unspecified atom stereocenters. The molecule has 3 atom stereocenters. The Morgan fingerprint density at radius 2 is 2.00 bits per heavy atom. The number of nitrogens with zero attached hydrogens (tertiary/aromatic N) is 1. The average molecular weight is 315 g/mol. The van der Waals surface area contributed by atoms with Gasteiger partial charge in [0.25, 0.3) is 0 Å². The Balaban J connectivity index is 1.68. The molecule has 0 spiro atoms. The predicted molar refractivity (Wildman–Crippen MR) is 83.6 cm³/mol. The Bertz CT molecular complexity index is 496. The number of hydrogen-bond acceptors (Lipinski definition) is 3. The summed E-state index contributed by atoms with van der Waals surface area (Å²) in [6.45, 7) is 9.09. The Morgan fingerprint density at radius 1 is 1.24 bits per heavy atom. The molecule has 5 heteroatoms. The van der Waals surface area contributed by atoms with Gasteiger partial charge in [-0.25, -0.2) is 8.42 Å². The Labute approximate surface area is 129 Å². The smallest absolute Gasteiger partial charge is 0.214 e. The fraction of sp³-hybridized carbons (Fsp3) is 1.00. The summed E-state index contributed by atoms with van der Waals surface area (Å²) >= 11 is 0. The van der Waals surface area contributed by atoms with Crippen molar-refractivity contribution < 1.29 is 13.2 Å². The molecule has 3 aliphatic rings. The fourth-order valence-electron chi connectivity index (χ4n) is 4.98. The molecule has 0 radical (unpaired) electrons. The van der Waals surface area contributed by atoms with Crippen LogP contribution < -0.4 is 0 Å². The van der Waals surface area contributed by atoms with E-state index in [4.69, 9.17) is 4.74 Å². The molecule has 0 amide bonds. The Morgan fingerprint density at radius 3 is 2.67 bits per heavy atom. The number of rotatable bonds is 4. The summed E-state index contributed by atoms with van der Waals surface area (Å²) in [4.78, 5) is 0. The number of ether oxygens (including phenoxy) is 1. The first-order valence-electron chi connectivity index (χ1n) is 8.27. The van der Waals surface area contributed by atoms with Crippen LogP contribution in [-0.4, -0.2) is 44.3 Å². The van der Waals surface area contributed by atoms with Gasteiger partial charge in [-0.1, -0.05) is 20.8 Å². The lowest BCUT2D eigenvalue weighted by Crippen LogP contribution is -2.39. The van der Waals surface area contributed by atoms with Crippen molar-refractivity contribution in [3.63, 3.8) is 0 Å². The highest BCUT2D eigenvalue weighted by molar-refractivity contribution is 7.89. The van der Waals surface area contributed by atoms with Gasteiger partial charge in [0.05, 0.1) is 5.75 Å². The van der Waals surface area contributed by atoms with Crippen molar-refractivity contribution in [2.45, 2.75) is 58.9 Å². The van der Waals surface area contributed by atoms with E-state index in [0.717, 1.165) is 51.9 Å². The summed E-state index contributed by atoms with van der Waals surface area (Å²) in [5, 5.41) is 0. The van der Waals surface area contributed by atoms with Gasteiger partial charge < -0.3 is 4.74 Å². The molecule has 2 bridgehead atoms. The maximum absolute atomic E-state index is 12.8. The van der Waals surface area contributed by atoms with Crippen molar-refractivity contribution in [2.75, 3.05) is 25.5 Å². The van der Waals surface area contributed by atoms with Crippen LogP contribution in [0.3, 0.4) is 0 Å². The fourth-order valence-corrected chi connectivity index (χ4v) is 6.95. The minimum atomic E-state index is -3.11. The van der Waals surface area contributed by atoms with Crippen LogP contribution in [0.4, 0.5) is 0 Å². The zero-order valence-electron chi connectivity index (χ0n) is 13.6. The van der Waals surface area contributed by atoms with Gasteiger partial charge in [-0.3, -0.25) is 0 Å². The zero-order chi connectivity index (χ0) is 15.3. The normalized spacial score (nSPS) is 39.8. The number of sulfonamides is 1. The largest absolute Gasteiger partial charge is 0.381 e. The van der Waals surface area contributed by atoms with Crippen molar-refractivity contribution >= 4 is 10.0 Å². The van der Waals surface area contributed by atoms with Crippen LogP contribution in [-0.2, 0) is 14.8 Å². The summed E-state index contributed by atoms with van der Waals surface area (Å²) in [7, 11) is -3.11. The van der Waals surface area contributed by atoms with E-state index in [1.54, 1.807) is 0 Å². The molecule has 2 saturated heterocycles. The Hall–Kier alpha value is -0.130. The van der Waals surface area contributed by atoms with E-state index in [2.05, 4.69) is 20.8 Å². The average Bonchev–Trinajstić information content (AvgIpc) is 2.91. The summed E-state index contributed by atoms with van der Waals surface area (Å²) in [6.07, 6.45) is 4.96. The molecule has 0 aromatic carbocycles. The first-order valence-corrected chi connectivity index (χ1v) is 9.87. The van der Waals surface area contributed by atoms with Crippen molar-refractivity contribution in [1.29, 1.82) is 0 Å². The van der Waals surface area contributed by atoms with Crippen LogP contribution in [0.5, 0.6) is 0 Å². The van der Waals surface area contributed by atoms with E-state index in [-0.39, 0.29) is 16.9 Å². The third kappa shape index (κ3) is 3.30. The number of fused-ring (bicyclic) bond motifs is 2. The molecule has 2 heterocycles. The SMILES string of the molecule is CC1(C)CC2CC(C)(CN2S(=O)(=O)CCC2CCOC2)C1. The van der Waals surface area contributed by atoms with Gasteiger partial charge in [0.15, 0.2) is 0 Å². The van der Waals surface area contributed by atoms with Crippen LogP contribution in [0, 0.1) is 16.7 Å². The summed E-state index contributed by atoms with van der Waals surface area (Å²) in [5.41, 5.74) is 0.442. The van der Waals surface area contributed by atoms with Crippen LogP contribution in [0.15, 0.2) is 0 Å². The second-order valence-electron chi connectivity index (χ2n) is 8.59. The van der Waals surface area contributed by atoms with Crippen molar-refractivity contribution in [3.8, 4) is 0 Å². The molecule has 0 aromatic heterocycles. The standard InChI is InChI=1S/C16H29NO3S/c1-15(2)8-14-9-16(3,11-15)12-17(14)21(18,19)7-5-13-4-6-20-10-13/h13-14H,4-12H2,1-3H3. The van der Waals surface area contributed by atoms with Gasteiger partial charge in [0.1, 0.15) is 0 Å². The van der Waals surface area contributed by atoms with E-state index in [1.165, 1.54) is 0 Å². The van der Waals surface area contributed by atoms with Crippen LogP contribution in [0.25, 0.3) is 0 Å². The van der Waals surface area contributed by atoms with Crippen molar-refractivity contribution in [3.05, 3.63) is 0 Å². The van der Waals surface area contributed by atoms with Gasteiger partial charge >= 0.3 is 0 Å². The second kappa shape index (κ2) is 5.20. The topological polar surface area (TPSA) is 46.6 Å².